The van der Waals surface area contributed by atoms with Gasteiger partial charge in [-0.2, -0.15) is 0 Å². The van der Waals surface area contributed by atoms with Crippen molar-refractivity contribution < 1.29 is 14.3 Å². The highest BCUT2D eigenvalue weighted by molar-refractivity contribution is 6.08. The van der Waals surface area contributed by atoms with Crippen molar-refractivity contribution in [1.29, 1.82) is 0 Å². The van der Waals surface area contributed by atoms with Gasteiger partial charge in [0.05, 0.1) is 18.2 Å². The van der Waals surface area contributed by atoms with E-state index in [1.165, 1.54) is 7.11 Å². The number of rotatable bonds is 4. The monoisotopic (exact) mass is 325 g/mol. The van der Waals surface area contributed by atoms with E-state index >= 15 is 0 Å². The van der Waals surface area contributed by atoms with Gasteiger partial charge in [0, 0.05) is 25.0 Å². The summed E-state index contributed by atoms with van der Waals surface area (Å²) in [5, 5.41) is 2.83. The topological polar surface area (TPSA) is 71.5 Å². The molecule has 0 spiro atoms. The molecular weight excluding hydrogens is 306 g/mol. The maximum atomic E-state index is 12.6. The number of pyridine rings is 1. The van der Waals surface area contributed by atoms with Crippen LogP contribution in [0.2, 0.25) is 0 Å². The number of ether oxygens (including phenoxy) is 1. The molecule has 2 aromatic rings. The summed E-state index contributed by atoms with van der Waals surface area (Å²) in [6, 6.07) is 10.2. The van der Waals surface area contributed by atoms with E-state index in [0.717, 1.165) is 25.9 Å². The molecule has 0 bridgehead atoms. The average Bonchev–Trinajstić information content (AvgIpc) is 3.15. The second kappa shape index (κ2) is 7.12. The molecule has 6 heteroatoms. The first-order chi connectivity index (χ1) is 11.7. The van der Waals surface area contributed by atoms with Crippen LogP contribution in [0.1, 0.15) is 33.6 Å². The van der Waals surface area contributed by atoms with Crippen molar-refractivity contribution in [2.24, 2.45) is 0 Å². The molecule has 1 fully saturated rings. The van der Waals surface area contributed by atoms with Gasteiger partial charge in [0.15, 0.2) is 0 Å². The Bertz CT molecular complexity index is 755. The minimum Gasteiger partial charge on any atom is -0.465 e. The van der Waals surface area contributed by atoms with Crippen LogP contribution >= 0.6 is 0 Å². The lowest BCUT2D eigenvalue weighted by Gasteiger charge is -2.19. The van der Waals surface area contributed by atoms with Crippen LogP contribution < -0.4 is 10.2 Å². The molecule has 1 saturated heterocycles. The summed E-state index contributed by atoms with van der Waals surface area (Å²) in [7, 11) is 1.32. The van der Waals surface area contributed by atoms with E-state index < -0.39 is 5.97 Å². The van der Waals surface area contributed by atoms with Gasteiger partial charge >= 0.3 is 5.97 Å². The second-order valence-corrected chi connectivity index (χ2v) is 5.60. The Morgan fingerprint density at radius 1 is 1.17 bits per heavy atom. The van der Waals surface area contributed by atoms with E-state index in [2.05, 4.69) is 15.2 Å². The first-order valence-corrected chi connectivity index (χ1v) is 7.89. The van der Waals surface area contributed by atoms with Crippen LogP contribution in [0.4, 0.5) is 11.5 Å². The fourth-order valence-electron chi connectivity index (χ4n) is 2.80. The molecular formula is C18H19N3O3. The third-order valence-electron chi connectivity index (χ3n) is 3.98. The molecule has 0 saturated carbocycles. The molecule has 0 unspecified atom stereocenters. The SMILES string of the molecule is COC(=O)c1cccc(NC(=O)c2cccnc2N2CCCC2)c1. The zero-order chi connectivity index (χ0) is 16.9. The maximum Gasteiger partial charge on any atom is 0.337 e. The van der Waals surface area contributed by atoms with Crippen LogP contribution in [0.25, 0.3) is 0 Å². The summed E-state index contributed by atoms with van der Waals surface area (Å²) in [5.74, 6) is 0.0221. The molecule has 0 atom stereocenters. The molecule has 1 N–H and O–H groups in total. The molecule has 1 aliphatic heterocycles. The number of anilines is 2. The minimum atomic E-state index is -0.440. The molecule has 1 amide bonds. The number of hydrogen-bond donors (Lipinski definition) is 1. The molecule has 0 radical (unpaired) electrons. The van der Waals surface area contributed by atoms with E-state index in [0.29, 0.717) is 22.6 Å². The van der Waals surface area contributed by atoms with Crippen molar-refractivity contribution in [3.05, 3.63) is 53.7 Å². The van der Waals surface area contributed by atoms with Gasteiger partial charge in [-0.15, -0.1) is 0 Å². The zero-order valence-electron chi connectivity index (χ0n) is 13.5. The Labute approximate surface area is 140 Å². The van der Waals surface area contributed by atoms with Crippen LogP contribution in [-0.2, 0) is 4.74 Å². The predicted octanol–water partition coefficient (Wildman–Crippen LogP) is 2.72. The summed E-state index contributed by atoms with van der Waals surface area (Å²) in [6.45, 7) is 1.82. The van der Waals surface area contributed by atoms with Gasteiger partial charge in [-0.05, 0) is 43.2 Å². The van der Waals surface area contributed by atoms with Crippen LogP contribution in [0.3, 0.4) is 0 Å². The molecule has 2 heterocycles. The number of esters is 1. The van der Waals surface area contributed by atoms with Gasteiger partial charge in [-0.1, -0.05) is 6.07 Å². The molecule has 0 aliphatic carbocycles. The number of hydrogen-bond acceptors (Lipinski definition) is 5. The van der Waals surface area contributed by atoms with Gasteiger partial charge < -0.3 is 15.0 Å². The summed E-state index contributed by atoms with van der Waals surface area (Å²) in [5.41, 5.74) is 1.46. The molecule has 24 heavy (non-hydrogen) atoms. The van der Waals surface area contributed by atoms with E-state index in [1.807, 2.05) is 0 Å². The molecule has 3 rings (SSSR count). The van der Waals surface area contributed by atoms with Crippen LogP contribution in [-0.4, -0.2) is 37.1 Å². The highest BCUT2D eigenvalue weighted by atomic mass is 16.5. The Hall–Kier alpha value is -2.89. The van der Waals surface area contributed by atoms with Gasteiger partial charge in [0.25, 0.3) is 5.91 Å². The number of methoxy groups -OCH3 is 1. The van der Waals surface area contributed by atoms with Crippen molar-refractivity contribution in [3.63, 3.8) is 0 Å². The van der Waals surface area contributed by atoms with E-state index in [1.54, 1.807) is 42.6 Å². The molecule has 1 aromatic heterocycles. The first-order valence-electron chi connectivity index (χ1n) is 7.89. The normalized spacial score (nSPS) is 13.6. The van der Waals surface area contributed by atoms with Gasteiger partial charge in [0.1, 0.15) is 5.82 Å². The van der Waals surface area contributed by atoms with Crippen LogP contribution in [0, 0.1) is 0 Å². The highest BCUT2D eigenvalue weighted by Crippen LogP contribution is 2.23. The Morgan fingerprint density at radius 3 is 2.71 bits per heavy atom. The fraction of sp³-hybridized carbons (Fsp3) is 0.278. The lowest BCUT2D eigenvalue weighted by atomic mass is 10.2. The number of nitrogens with one attached hydrogen (secondary N) is 1. The van der Waals surface area contributed by atoms with E-state index in [4.69, 9.17) is 4.74 Å². The van der Waals surface area contributed by atoms with Gasteiger partial charge in [-0.3, -0.25) is 4.79 Å². The van der Waals surface area contributed by atoms with Gasteiger partial charge in [0.2, 0.25) is 0 Å². The van der Waals surface area contributed by atoms with Crippen LogP contribution in [0.15, 0.2) is 42.6 Å². The summed E-state index contributed by atoms with van der Waals surface area (Å²) >= 11 is 0. The lowest BCUT2D eigenvalue weighted by Crippen LogP contribution is -2.24. The van der Waals surface area contributed by atoms with Crippen molar-refractivity contribution >= 4 is 23.4 Å². The standard InChI is InChI=1S/C18H19N3O3/c1-24-18(23)13-6-4-7-14(12-13)20-17(22)15-8-5-9-19-16(15)21-10-2-3-11-21/h4-9,12H,2-3,10-11H2,1H3,(H,20,22). The number of benzene rings is 1. The van der Waals surface area contributed by atoms with Crippen molar-refractivity contribution in [2.75, 3.05) is 30.4 Å². The number of carbonyl (C=O) groups is 2. The number of carbonyl (C=O) groups excluding carboxylic acids is 2. The molecule has 1 aliphatic rings. The number of aromatic nitrogens is 1. The summed E-state index contributed by atoms with van der Waals surface area (Å²) in [6.07, 6.45) is 3.92. The van der Waals surface area contributed by atoms with E-state index in [-0.39, 0.29) is 5.91 Å². The summed E-state index contributed by atoms with van der Waals surface area (Å²) in [4.78, 5) is 30.7. The van der Waals surface area contributed by atoms with Crippen molar-refractivity contribution in [1.82, 2.24) is 4.98 Å². The van der Waals surface area contributed by atoms with Crippen molar-refractivity contribution in [2.45, 2.75) is 12.8 Å². The first kappa shape index (κ1) is 16.0. The Kier molecular flexibility index (Phi) is 4.74. The molecule has 1 aromatic carbocycles. The maximum absolute atomic E-state index is 12.6. The average molecular weight is 325 g/mol. The Morgan fingerprint density at radius 2 is 1.96 bits per heavy atom. The van der Waals surface area contributed by atoms with Crippen molar-refractivity contribution in [3.8, 4) is 0 Å². The molecule has 124 valence electrons. The highest BCUT2D eigenvalue weighted by Gasteiger charge is 2.20. The third kappa shape index (κ3) is 3.37. The third-order valence-corrected chi connectivity index (χ3v) is 3.98. The number of nitrogens with zero attached hydrogens (tertiary/aromatic N) is 2. The fourth-order valence-corrected chi connectivity index (χ4v) is 2.80. The van der Waals surface area contributed by atoms with Crippen LogP contribution in [0.5, 0.6) is 0 Å². The summed E-state index contributed by atoms with van der Waals surface area (Å²) < 4.78 is 4.70. The predicted molar refractivity (Wildman–Crippen MR) is 91.4 cm³/mol. The Balaban J connectivity index is 1.82. The second-order valence-electron chi connectivity index (χ2n) is 5.60. The largest absolute Gasteiger partial charge is 0.465 e. The smallest absolute Gasteiger partial charge is 0.337 e. The zero-order valence-corrected chi connectivity index (χ0v) is 13.5. The van der Waals surface area contributed by atoms with Gasteiger partial charge in [-0.25, -0.2) is 9.78 Å². The lowest BCUT2D eigenvalue weighted by molar-refractivity contribution is 0.0600. The molecule has 6 nitrogen and oxygen atoms in total. The quantitative estimate of drug-likeness (QED) is 0.875. The van der Waals surface area contributed by atoms with E-state index in [9.17, 15) is 9.59 Å². The number of amides is 1. The minimum absolute atomic E-state index is 0.244.